The number of hydrogen-bond acceptors (Lipinski definition) is 3. The van der Waals surface area contributed by atoms with Crippen LogP contribution in [0.15, 0.2) is 16.6 Å². The topological polar surface area (TPSA) is 44.5 Å². The van der Waals surface area contributed by atoms with Gasteiger partial charge in [-0.25, -0.2) is 0 Å². The van der Waals surface area contributed by atoms with E-state index in [9.17, 15) is 0 Å². The van der Waals surface area contributed by atoms with Gasteiger partial charge in [-0.2, -0.15) is 0 Å². The molecule has 1 aromatic carbocycles. The average molecular weight is 284 g/mol. The fraction of sp³-hybridized carbons (Fsp3) is 0.500. The minimum atomic E-state index is 0.00239. The highest BCUT2D eigenvalue weighted by molar-refractivity contribution is 9.10. The van der Waals surface area contributed by atoms with Crippen LogP contribution >= 0.6 is 15.9 Å². The van der Waals surface area contributed by atoms with E-state index in [0.29, 0.717) is 13.2 Å². The number of benzene rings is 1. The lowest BCUT2D eigenvalue weighted by atomic mass is 10.0. The third-order valence-electron chi connectivity index (χ3n) is 3.16. The van der Waals surface area contributed by atoms with Crippen molar-refractivity contribution in [3.63, 3.8) is 0 Å². The summed E-state index contributed by atoms with van der Waals surface area (Å²) >= 11 is 3.48. The number of halogens is 1. The third kappa shape index (κ3) is 1.80. The maximum absolute atomic E-state index is 6.14. The fourth-order valence-electron chi connectivity index (χ4n) is 2.02. The largest absolute Gasteiger partial charge is 0.486 e. The van der Waals surface area contributed by atoms with Crippen molar-refractivity contribution >= 4 is 15.9 Å². The van der Waals surface area contributed by atoms with E-state index in [0.717, 1.165) is 40.8 Å². The minimum absolute atomic E-state index is 0.00239. The van der Waals surface area contributed by atoms with E-state index in [1.807, 2.05) is 6.07 Å². The van der Waals surface area contributed by atoms with Crippen LogP contribution in [0.4, 0.5) is 0 Å². The zero-order valence-corrected chi connectivity index (χ0v) is 10.5. The highest BCUT2D eigenvalue weighted by Crippen LogP contribution is 2.44. The Hall–Kier alpha value is -0.740. The normalized spacial score (nSPS) is 20.6. The standard InChI is InChI=1S/C12H14BrNO2/c13-9-2-1-8(7-12(14)3-4-12)10-11(9)16-6-5-15-10/h1-2H,3-7,14H2. The van der Waals surface area contributed by atoms with E-state index >= 15 is 0 Å². The van der Waals surface area contributed by atoms with Gasteiger partial charge < -0.3 is 15.2 Å². The average Bonchev–Trinajstić information content (AvgIpc) is 3.01. The molecule has 1 aliphatic heterocycles. The number of fused-ring (bicyclic) bond motifs is 1. The molecule has 1 fully saturated rings. The summed E-state index contributed by atoms with van der Waals surface area (Å²) in [5, 5.41) is 0. The van der Waals surface area contributed by atoms with Crippen LogP contribution in [0, 0.1) is 0 Å². The first-order valence-corrected chi connectivity index (χ1v) is 6.33. The molecule has 0 amide bonds. The van der Waals surface area contributed by atoms with Gasteiger partial charge in [0.25, 0.3) is 0 Å². The van der Waals surface area contributed by atoms with Crippen LogP contribution < -0.4 is 15.2 Å². The Bertz CT molecular complexity index is 429. The molecule has 4 heteroatoms. The molecule has 3 nitrogen and oxygen atoms in total. The highest BCUT2D eigenvalue weighted by Gasteiger charge is 2.39. The molecule has 1 aliphatic carbocycles. The van der Waals surface area contributed by atoms with Crippen LogP contribution in [-0.2, 0) is 6.42 Å². The van der Waals surface area contributed by atoms with Crippen LogP contribution in [0.25, 0.3) is 0 Å². The van der Waals surface area contributed by atoms with E-state index in [-0.39, 0.29) is 5.54 Å². The third-order valence-corrected chi connectivity index (χ3v) is 3.78. The first-order valence-electron chi connectivity index (χ1n) is 5.54. The first kappa shape index (κ1) is 10.4. The highest BCUT2D eigenvalue weighted by atomic mass is 79.9. The molecule has 0 unspecified atom stereocenters. The Balaban J connectivity index is 1.98. The molecule has 86 valence electrons. The van der Waals surface area contributed by atoms with Crippen LogP contribution in [0.2, 0.25) is 0 Å². The van der Waals surface area contributed by atoms with Gasteiger partial charge in [-0.3, -0.25) is 0 Å². The predicted molar refractivity (Wildman–Crippen MR) is 65.0 cm³/mol. The second kappa shape index (κ2) is 3.64. The summed E-state index contributed by atoms with van der Waals surface area (Å²) in [5.41, 5.74) is 7.31. The molecule has 1 heterocycles. The second-order valence-corrected chi connectivity index (χ2v) is 5.46. The summed E-state index contributed by atoms with van der Waals surface area (Å²) < 4.78 is 12.3. The van der Waals surface area contributed by atoms with Crippen molar-refractivity contribution in [3.8, 4) is 11.5 Å². The quantitative estimate of drug-likeness (QED) is 0.906. The van der Waals surface area contributed by atoms with Gasteiger partial charge in [0.2, 0.25) is 0 Å². The maximum Gasteiger partial charge on any atom is 0.175 e. The van der Waals surface area contributed by atoms with Gasteiger partial charge in [0.1, 0.15) is 13.2 Å². The van der Waals surface area contributed by atoms with Crippen molar-refractivity contribution in [3.05, 3.63) is 22.2 Å². The zero-order valence-electron chi connectivity index (χ0n) is 8.96. The fourth-order valence-corrected chi connectivity index (χ4v) is 2.44. The van der Waals surface area contributed by atoms with E-state index < -0.39 is 0 Å². The smallest absolute Gasteiger partial charge is 0.175 e. The lowest BCUT2D eigenvalue weighted by Gasteiger charge is -2.23. The molecular formula is C12H14BrNO2. The van der Waals surface area contributed by atoms with Gasteiger partial charge in [0.05, 0.1) is 4.47 Å². The molecule has 0 atom stereocenters. The number of ether oxygens (including phenoxy) is 2. The van der Waals surface area contributed by atoms with Crippen molar-refractivity contribution in [2.24, 2.45) is 5.73 Å². The summed E-state index contributed by atoms with van der Waals surface area (Å²) in [6.07, 6.45) is 3.10. The van der Waals surface area contributed by atoms with Crippen LogP contribution in [0.5, 0.6) is 11.5 Å². The summed E-state index contributed by atoms with van der Waals surface area (Å²) in [6.45, 7) is 1.23. The van der Waals surface area contributed by atoms with Gasteiger partial charge >= 0.3 is 0 Å². The SMILES string of the molecule is NC1(Cc2ccc(Br)c3c2OCCO3)CC1. The lowest BCUT2D eigenvalue weighted by Crippen LogP contribution is -2.26. The molecule has 16 heavy (non-hydrogen) atoms. The molecule has 2 N–H and O–H groups in total. The Morgan fingerprint density at radius 3 is 2.56 bits per heavy atom. The number of nitrogens with two attached hydrogens (primary N) is 1. The van der Waals surface area contributed by atoms with E-state index in [1.165, 1.54) is 0 Å². The lowest BCUT2D eigenvalue weighted by molar-refractivity contribution is 0.168. The monoisotopic (exact) mass is 283 g/mol. The second-order valence-electron chi connectivity index (χ2n) is 4.60. The van der Waals surface area contributed by atoms with Crippen molar-refractivity contribution in [2.45, 2.75) is 24.8 Å². The molecule has 1 aromatic rings. The van der Waals surface area contributed by atoms with E-state index in [1.54, 1.807) is 0 Å². The first-order chi connectivity index (χ1) is 7.68. The Kier molecular flexibility index (Phi) is 2.37. The predicted octanol–water partition coefficient (Wildman–Crippen LogP) is 2.25. The Morgan fingerprint density at radius 2 is 1.88 bits per heavy atom. The van der Waals surface area contributed by atoms with Crippen LogP contribution in [0.3, 0.4) is 0 Å². The Labute approximate surface area is 103 Å². The van der Waals surface area contributed by atoms with Crippen LogP contribution in [-0.4, -0.2) is 18.8 Å². The summed E-state index contributed by atoms with van der Waals surface area (Å²) in [5.74, 6) is 1.70. The van der Waals surface area contributed by atoms with Crippen molar-refractivity contribution in [2.75, 3.05) is 13.2 Å². The van der Waals surface area contributed by atoms with Gasteiger partial charge in [-0.1, -0.05) is 6.07 Å². The number of hydrogen-bond donors (Lipinski definition) is 1. The minimum Gasteiger partial charge on any atom is -0.486 e. The molecule has 0 saturated heterocycles. The molecular weight excluding hydrogens is 270 g/mol. The molecule has 2 aliphatic rings. The van der Waals surface area contributed by atoms with Crippen molar-refractivity contribution in [1.29, 1.82) is 0 Å². The molecule has 3 rings (SSSR count). The summed E-state index contributed by atoms with van der Waals surface area (Å²) in [6, 6.07) is 4.08. The maximum atomic E-state index is 6.14. The van der Waals surface area contributed by atoms with Crippen molar-refractivity contribution in [1.82, 2.24) is 0 Å². The molecule has 0 bridgehead atoms. The molecule has 0 radical (unpaired) electrons. The zero-order chi connectivity index (χ0) is 11.2. The van der Waals surface area contributed by atoms with Crippen molar-refractivity contribution < 1.29 is 9.47 Å². The van der Waals surface area contributed by atoms with E-state index in [4.69, 9.17) is 15.2 Å². The summed E-state index contributed by atoms with van der Waals surface area (Å²) in [4.78, 5) is 0. The van der Waals surface area contributed by atoms with Gasteiger partial charge in [0.15, 0.2) is 11.5 Å². The summed E-state index contributed by atoms with van der Waals surface area (Å²) in [7, 11) is 0. The van der Waals surface area contributed by atoms with E-state index in [2.05, 4.69) is 22.0 Å². The van der Waals surface area contributed by atoms with Gasteiger partial charge in [-0.15, -0.1) is 0 Å². The molecule has 0 spiro atoms. The van der Waals surface area contributed by atoms with Crippen LogP contribution in [0.1, 0.15) is 18.4 Å². The number of rotatable bonds is 2. The molecule has 0 aromatic heterocycles. The van der Waals surface area contributed by atoms with Gasteiger partial charge in [-0.05, 0) is 46.8 Å². The van der Waals surface area contributed by atoms with Gasteiger partial charge in [0, 0.05) is 5.54 Å². The Morgan fingerprint density at radius 1 is 1.19 bits per heavy atom. The molecule has 1 saturated carbocycles.